The average molecular weight is 476 g/mol. The zero-order valence-corrected chi connectivity index (χ0v) is 17.2. The van der Waals surface area contributed by atoms with Crippen molar-refractivity contribution in [3.8, 4) is 0 Å². The lowest BCUT2D eigenvalue weighted by molar-refractivity contribution is -0.137. The first-order valence-corrected chi connectivity index (χ1v) is 10.0. The van der Waals surface area contributed by atoms with Gasteiger partial charge in [-0.3, -0.25) is 9.69 Å². The number of alkyl halides is 3. The van der Waals surface area contributed by atoms with Gasteiger partial charge in [0.2, 0.25) is 5.91 Å². The second-order valence-corrected chi connectivity index (χ2v) is 8.21. The summed E-state index contributed by atoms with van der Waals surface area (Å²) in [6.07, 6.45) is -2.94. The van der Waals surface area contributed by atoms with Crippen LogP contribution in [0.2, 0.25) is 5.02 Å². The fraction of sp³-hybridized carbons (Fsp3) is 0.350. The number of hydrogen-bond donors (Lipinski definition) is 1. The third-order valence-corrected chi connectivity index (χ3v) is 5.61. The summed E-state index contributed by atoms with van der Waals surface area (Å²) in [5, 5.41) is 2.67. The minimum absolute atomic E-state index is 0.00785. The van der Waals surface area contributed by atoms with Crippen LogP contribution in [0.15, 0.2) is 46.9 Å². The van der Waals surface area contributed by atoms with Gasteiger partial charge < -0.3 is 5.32 Å². The van der Waals surface area contributed by atoms with Crippen LogP contribution in [0.1, 0.15) is 24.0 Å². The molecule has 28 heavy (non-hydrogen) atoms. The molecule has 0 aliphatic carbocycles. The van der Waals surface area contributed by atoms with Crippen LogP contribution < -0.4 is 5.32 Å². The largest absolute Gasteiger partial charge is 0.416 e. The molecular formula is C20H19BrClF3N2O. The Labute approximate surface area is 175 Å². The molecule has 1 heterocycles. The lowest BCUT2D eigenvalue weighted by Gasteiger charge is -2.32. The number of nitrogens with zero attached hydrogens (tertiary/aromatic N) is 1. The third-order valence-electron chi connectivity index (χ3n) is 4.75. The number of hydrogen-bond acceptors (Lipinski definition) is 2. The summed E-state index contributed by atoms with van der Waals surface area (Å²) in [4.78, 5) is 14.8. The SMILES string of the molecule is O=C(Nc1cc(C(F)(F)F)ccc1Cl)C1CCCN(Cc2ccc(Br)cc2)C1. The molecule has 1 amide bonds. The highest BCUT2D eigenvalue weighted by atomic mass is 79.9. The standard InChI is InChI=1S/C20H19BrClF3N2O/c21-16-6-3-13(4-7-16)11-27-9-1-2-14(12-27)19(28)26-18-10-15(20(23,24)25)5-8-17(18)22/h3-8,10,14H,1-2,9,11-12H2,(H,26,28). The van der Waals surface area contributed by atoms with E-state index < -0.39 is 11.7 Å². The molecule has 1 aliphatic heterocycles. The zero-order valence-electron chi connectivity index (χ0n) is 14.9. The molecule has 0 spiro atoms. The second-order valence-electron chi connectivity index (χ2n) is 6.88. The van der Waals surface area contributed by atoms with Crippen LogP contribution in [-0.2, 0) is 17.5 Å². The molecule has 3 nitrogen and oxygen atoms in total. The van der Waals surface area contributed by atoms with Crippen LogP contribution in [0.25, 0.3) is 0 Å². The zero-order chi connectivity index (χ0) is 20.3. The Morgan fingerprint density at radius 1 is 1.21 bits per heavy atom. The van der Waals surface area contributed by atoms with Crippen molar-refractivity contribution in [3.63, 3.8) is 0 Å². The first-order chi connectivity index (χ1) is 13.2. The minimum Gasteiger partial charge on any atom is -0.324 e. The number of rotatable bonds is 4. The summed E-state index contributed by atoms with van der Waals surface area (Å²) in [6, 6.07) is 10.9. The van der Waals surface area contributed by atoms with E-state index in [1.54, 1.807) is 0 Å². The molecule has 1 saturated heterocycles. The van der Waals surface area contributed by atoms with E-state index in [0.717, 1.165) is 47.7 Å². The highest BCUT2D eigenvalue weighted by molar-refractivity contribution is 9.10. The Balaban J connectivity index is 1.65. The van der Waals surface area contributed by atoms with E-state index in [-0.39, 0.29) is 22.5 Å². The molecule has 2 aromatic rings. The maximum absolute atomic E-state index is 12.9. The molecule has 1 N–H and O–H groups in total. The van der Waals surface area contributed by atoms with Crippen molar-refractivity contribution < 1.29 is 18.0 Å². The summed E-state index contributed by atoms with van der Waals surface area (Å²) in [7, 11) is 0. The van der Waals surface area contributed by atoms with Crippen LogP contribution in [0, 0.1) is 5.92 Å². The molecule has 0 saturated carbocycles. The molecule has 150 valence electrons. The van der Waals surface area contributed by atoms with Gasteiger partial charge in [-0.1, -0.05) is 39.7 Å². The molecule has 2 aromatic carbocycles. The summed E-state index contributed by atoms with van der Waals surface area (Å²) < 4.78 is 39.7. The van der Waals surface area contributed by atoms with E-state index in [0.29, 0.717) is 13.0 Å². The van der Waals surface area contributed by atoms with Gasteiger partial charge in [0.25, 0.3) is 0 Å². The topological polar surface area (TPSA) is 32.3 Å². The molecule has 0 radical (unpaired) electrons. The Morgan fingerprint density at radius 3 is 2.61 bits per heavy atom. The maximum Gasteiger partial charge on any atom is 0.416 e. The van der Waals surface area contributed by atoms with Gasteiger partial charge in [-0.2, -0.15) is 13.2 Å². The van der Waals surface area contributed by atoms with Crippen molar-refractivity contribution in [3.05, 3.63) is 63.1 Å². The number of likely N-dealkylation sites (tertiary alicyclic amines) is 1. The van der Waals surface area contributed by atoms with Gasteiger partial charge in [0.05, 0.1) is 22.2 Å². The average Bonchev–Trinajstić information content (AvgIpc) is 2.64. The van der Waals surface area contributed by atoms with Crippen molar-refractivity contribution in [2.45, 2.75) is 25.6 Å². The highest BCUT2D eigenvalue weighted by Gasteiger charge is 2.32. The number of anilines is 1. The smallest absolute Gasteiger partial charge is 0.324 e. The van der Waals surface area contributed by atoms with Gasteiger partial charge in [-0.05, 0) is 55.3 Å². The predicted molar refractivity (Wildman–Crippen MR) is 107 cm³/mol. The quantitative estimate of drug-likeness (QED) is 0.591. The first kappa shape index (κ1) is 21.1. The van der Waals surface area contributed by atoms with E-state index in [1.165, 1.54) is 0 Å². The van der Waals surface area contributed by atoms with Gasteiger partial charge in [0.15, 0.2) is 0 Å². The second kappa shape index (κ2) is 8.84. The van der Waals surface area contributed by atoms with E-state index in [2.05, 4.69) is 26.1 Å². The Morgan fingerprint density at radius 2 is 1.93 bits per heavy atom. The number of carbonyl (C=O) groups is 1. The summed E-state index contributed by atoms with van der Waals surface area (Å²) in [5.74, 6) is -0.600. The van der Waals surface area contributed by atoms with E-state index in [9.17, 15) is 18.0 Å². The van der Waals surface area contributed by atoms with Gasteiger partial charge in [0, 0.05) is 17.6 Å². The summed E-state index contributed by atoms with van der Waals surface area (Å²) in [6.45, 7) is 2.16. The van der Waals surface area contributed by atoms with E-state index >= 15 is 0 Å². The molecule has 1 aliphatic rings. The molecular weight excluding hydrogens is 457 g/mol. The van der Waals surface area contributed by atoms with Crippen LogP contribution in [-0.4, -0.2) is 23.9 Å². The Bertz CT molecular complexity index is 842. The van der Waals surface area contributed by atoms with Crippen LogP contribution >= 0.6 is 27.5 Å². The third kappa shape index (κ3) is 5.49. The van der Waals surface area contributed by atoms with Crippen LogP contribution in [0.5, 0.6) is 0 Å². The number of benzene rings is 2. The molecule has 1 atom stereocenters. The fourth-order valence-electron chi connectivity index (χ4n) is 3.29. The molecule has 8 heteroatoms. The van der Waals surface area contributed by atoms with Crippen molar-refractivity contribution in [1.82, 2.24) is 4.90 Å². The van der Waals surface area contributed by atoms with Crippen molar-refractivity contribution in [2.75, 3.05) is 18.4 Å². The van der Waals surface area contributed by atoms with Gasteiger partial charge in [0.1, 0.15) is 0 Å². The van der Waals surface area contributed by atoms with Crippen molar-refractivity contribution in [1.29, 1.82) is 0 Å². The van der Waals surface area contributed by atoms with E-state index in [1.807, 2.05) is 24.3 Å². The first-order valence-electron chi connectivity index (χ1n) is 8.87. The number of nitrogens with one attached hydrogen (secondary N) is 1. The van der Waals surface area contributed by atoms with Crippen LogP contribution in [0.3, 0.4) is 0 Å². The normalized spacial score (nSPS) is 18.1. The van der Waals surface area contributed by atoms with Gasteiger partial charge in [-0.25, -0.2) is 0 Å². The fourth-order valence-corrected chi connectivity index (χ4v) is 3.72. The summed E-state index contributed by atoms with van der Waals surface area (Å²) >= 11 is 9.39. The van der Waals surface area contributed by atoms with Crippen LogP contribution in [0.4, 0.5) is 18.9 Å². The van der Waals surface area contributed by atoms with Gasteiger partial charge >= 0.3 is 6.18 Å². The molecule has 0 aromatic heterocycles. The Hall–Kier alpha value is -1.57. The number of piperidine rings is 1. The molecule has 1 fully saturated rings. The molecule has 0 bridgehead atoms. The lowest BCUT2D eigenvalue weighted by atomic mass is 9.96. The van der Waals surface area contributed by atoms with Crippen molar-refractivity contribution >= 4 is 39.1 Å². The number of halogens is 5. The number of carbonyl (C=O) groups excluding carboxylic acids is 1. The Kier molecular flexibility index (Phi) is 6.68. The molecule has 3 rings (SSSR count). The van der Waals surface area contributed by atoms with Gasteiger partial charge in [-0.15, -0.1) is 0 Å². The number of amides is 1. The summed E-state index contributed by atoms with van der Waals surface area (Å²) in [5.41, 5.74) is 0.296. The monoisotopic (exact) mass is 474 g/mol. The highest BCUT2D eigenvalue weighted by Crippen LogP contribution is 2.34. The minimum atomic E-state index is -4.49. The van der Waals surface area contributed by atoms with Crippen molar-refractivity contribution in [2.24, 2.45) is 5.92 Å². The molecule has 1 unspecified atom stereocenters. The lowest BCUT2D eigenvalue weighted by Crippen LogP contribution is -2.40. The predicted octanol–water partition coefficient (Wildman–Crippen LogP) is 5.97. The maximum atomic E-state index is 12.9. The van der Waals surface area contributed by atoms with E-state index in [4.69, 9.17) is 11.6 Å².